The van der Waals surface area contributed by atoms with Gasteiger partial charge in [0.2, 0.25) is 10.0 Å². The van der Waals surface area contributed by atoms with Gasteiger partial charge in [-0.3, -0.25) is 0 Å². The molecule has 0 aliphatic rings. The molecule has 0 amide bonds. The Morgan fingerprint density at radius 3 is 2.24 bits per heavy atom. The van der Waals surface area contributed by atoms with Gasteiger partial charge in [-0.25, -0.2) is 13.1 Å². The van der Waals surface area contributed by atoms with Crippen molar-refractivity contribution in [2.24, 2.45) is 0 Å². The number of hydrogen-bond acceptors (Lipinski definition) is 3. The van der Waals surface area contributed by atoms with Crippen LogP contribution < -0.4 is 9.46 Å². The van der Waals surface area contributed by atoms with Crippen molar-refractivity contribution in [1.82, 2.24) is 4.72 Å². The van der Waals surface area contributed by atoms with Gasteiger partial charge in [0.15, 0.2) is 0 Å². The fourth-order valence-corrected chi connectivity index (χ4v) is 3.71. The first-order chi connectivity index (χ1) is 11.7. The Morgan fingerprint density at radius 1 is 1.00 bits per heavy atom. The molecule has 0 bridgehead atoms. The van der Waals surface area contributed by atoms with Gasteiger partial charge in [-0.05, 0) is 55.7 Å². The molecule has 2 rings (SSSR count). The summed E-state index contributed by atoms with van der Waals surface area (Å²) >= 11 is 11.8. The predicted octanol–water partition coefficient (Wildman–Crippen LogP) is 4.44. The zero-order chi connectivity index (χ0) is 18.4. The molecule has 25 heavy (non-hydrogen) atoms. The van der Waals surface area contributed by atoms with Crippen LogP contribution in [0.1, 0.15) is 25.0 Å². The number of ether oxygens (including phenoxy) is 1. The van der Waals surface area contributed by atoms with Crippen LogP contribution in [0.5, 0.6) is 5.75 Å². The molecule has 7 heteroatoms. The van der Waals surface area contributed by atoms with Gasteiger partial charge >= 0.3 is 0 Å². The second kappa shape index (κ2) is 8.90. The molecule has 0 atom stereocenters. The molecule has 0 aliphatic carbocycles. The van der Waals surface area contributed by atoms with Crippen molar-refractivity contribution in [3.8, 4) is 5.75 Å². The van der Waals surface area contributed by atoms with Crippen LogP contribution in [0.2, 0.25) is 10.0 Å². The summed E-state index contributed by atoms with van der Waals surface area (Å²) in [7, 11) is -3.43. The zero-order valence-corrected chi connectivity index (χ0v) is 16.5. The van der Waals surface area contributed by atoms with Crippen molar-refractivity contribution in [3.63, 3.8) is 0 Å². The van der Waals surface area contributed by atoms with E-state index in [2.05, 4.69) is 4.72 Å². The van der Waals surface area contributed by atoms with Crippen molar-refractivity contribution in [3.05, 3.63) is 63.6 Å². The minimum absolute atomic E-state index is 0.124. The molecule has 0 unspecified atom stereocenters. The molecule has 0 saturated carbocycles. The summed E-state index contributed by atoms with van der Waals surface area (Å²) < 4.78 is 32.5. The molecule has 2 aromatic rings. The Bertz CT molecular complexity index is 806. The van der Waals surface area contributed by atoms with Crippen molar-refractivity contribution in [1.29, 1.82) is 0 Å². The van der Waals surface area contributed by atoms with Crippen LogP contribution in [0, 0.1) is 0 Å². The number of nitrogens with one attached hydrogen (secondary N) is 1. The lowest BCUT2D eigenvalue weighted by molar-refractivity contribution is 0.242. The van der Waals surface area contributed by atoms with E-state index in [0.717, 1.165) is 11.3 Å². The molecule has 0 radical (unpaired) electrons. The summed E-state index contributed by atoms with van der Waals surface area (Å²) in [6, 6.07) is 12.5. The number of rotatable bonds is 8. The van der Waals surface area contributed by atoms with E-state index in [0.29, 0.717) is 28.6 Å². The van der Waals surface area contributed by atoms with Gasteiger partial charge in [0.05, 0.1) is 21.9 Å². The third kappa shape index (κ3) is 6.86. The third-order valence-electron chi connectivity index (χ3n) is 3.37. The van der Waals surface area contributed by atoms with E-state index in [1.54, 1.807) is 18.2 Å². The molecule has 0 heterocycles. The molecule has 136 valence electrons. The maximum atomic E-state index is 12.2. The van der Waals surface area contributed by atoms with E-state index in [9.17, 15) is 8.42 Å². The number of sulfonamides is 1. The molecule has 1 N–H and O–H groups in total. The minimum Gasteiger partial charge on any atom is -0.491 e. The maximum Gasteiger partial charge on any atom is 0.215 e. The van der Waals surface area contributed by atoms with Crippen LogP contribution in [0.15, 0.2) is 42.5 Å². The molecule has 0 aliphatic heterocycles. The van der Waals surface area contributed by atoms with E-state index in [-0.39, 0.29) is 11.9 Å². The zero-order valence-electron chi connectivity index (χ0n) is 14.1. The Morgan fingerprint density at radius 2 is 1.64 bits per heavy atom. The van der Waals surface area contributed by atoms with Gasteiger partial charge in [-0.2, -0.15) is 0 Å². The van der Waals surface area contributed by atoms with Crippen LogP contribution in [-0.4, -0.2) is 21.1 Å². The average molecular weight is 402 g/mol. The summed E-state index contributed by atoms with van der Waals surface area (Å²) in [4.78, 5) is 0. The summed E-state index contributed by atoms with van der Waals surface area (Å²) in [6.45, 7) is 4.27. The highest BCUT2D eigenvalue weighted by Gasteiger charge is 2.12. The quantitative estimate of drug-likeness (QED) is 0.710. The SMILES string of the molecule is CC(C)Oc1ccc(CCNS(=O)(=O)Cc2ccc(Cl)c(Cl)c2)cc1. The van der Waals surface area contributed by atoms with Gasteiger partial charge < -0.3 is 4.74 Å². The molecular formula is C18H21Cl2NO3S. The lowest BCUT2D eigenvalue weighted by atomic mass is 10.1. The monoisotopic (exact) mass is 401 g/mol. The maximum absolute atomic E-state index is 12.2. The van der Waals surface area contributed by atoms with Gasteiger partial charge in [0, 0.05) is 6.54 Å². The smallest absolute Gasteiger partial charge is 0.215 e. The minimum atomic E-state index is -3.43. The summed E-state index contributed by atoms with van der Waals surface area (Å²) in [6.07, 6.45) is 0.724. The standard InChI is InChI=1S/C18H21Cl2NO3S/c1-13(2)24-16-6-3-14(4-7-16)9-10-21-25(22,23)12-15-5-8-17(19)18(20)11-15/h3-8,11,13,21H,9-10,12H2,1-2H3. The van der Waals surface area contributed by atoms with Crippen LogP contribution in [0.25, 0.3) is 0 Å². The highest BCUT2D eigenvalue weighted by atomic mass is 35.5. The second-order valence-electron chi connectivity index (χ2n) is 5.96. The molecule has 4 nitrogen and oxygen atoms in total. The van der Waals surface area contributed by atoms with Crippen molar-refractivity contribution in [2.75, 3.05) is 6.54 Å². The topological polar surface area (TPSA) is 55.4 Å². The fourth-order valence-electron chi connectivity index (χ4n) is 2.26. The predicted molar refractivity (Wildman–Crippen MR) is 103 cm³/mol. The van der Waals surface area contributed by atoms with Gasteiger partial charge in [-0.1, -0.05) is 41.4 Å². The second-order valence-corrected chi connectivity index (χ2v) is 8.58. The normalized spacial score (nSPS) is 11.7. The van der Waals surface area contributed by atoms with E-state index >= 15 is 0 Å². The highest BCUT2D eigenvalue weighted by Crippen LogP contribution is 2.23. The van der Waals surface area contributed by atoms with Crippen LogP contribution >= 0.6 is 23.2 Å². The molecule has 0 saturated heterocycles. The molecule has 0 spiro atoms. The summed E-state index contributed by atoms with van der Waals surface area (Å²) in [5, 5.41) is 0.749. The molecular weight excluding hydrogens is 381 g/mol. The first kappa shape index (κ1) is 20.0. The number of halogens is 2. The first-order valence-electron chi connectivity index (χ1n) is 7.92. The average Bonchev–Trinajstić information content (AvgIpc) is 2.52. The van der Waals surface area contributed by atoms with E-state index in [1.807, 2.05) is 38.1 Å². The van der Waals surface area contributed by atoms with E-state index < -0.39 is 10.0 Å². The Kier molecular flexibility index (Phi) is 7.14. The van der Waals surface area contributed by atoms with E-state index in [4.69, 9.17) is 27.9 Å². The lowest BCUT2D eigenvalue weighted by Gasteiger charge is -2.10. The van der Waals surface area contributed by atoms with Gasteiger partial charge in [-0.15, -0.1) is 0 Å². The molecule has 0 aromatic heterocycles. The van der Waals surface area contributed by atoms with Crippen molar-refractivity contribution < 1.29 is 13.2 Å². The Hall–Kier alpha value is -1.27. The van der Waals surface area contributed by atoms with E-state index in [1.165, 1.54) is 0 Å². The van der Waals surface area contributed by atoms with Crippen molar-refractivity contribution in [2.45, 2.75) is 32.1 Å². The first-order valence-corrected chi connectivity index (χ1v) is 10.3. The third-order valence-corrected chi connectivity index (χ3v) is 5.47. The summed E-state index contributed by atoms with van der Waals surface area (Å²) in [5.74, 6) is 0.671. The van der Waals surface area contributed by atoms with Crippen molar-refractivity contribution >= 4 is 33.2 Å². The molecule has 2 aromatic carbocycles. The number of hydrogen-bond donors (Lipinski definition) is 1. The lowest BCUT2D eigenvalue weighted by Crippen LogP contribution is -2.27. The van der Waals surface area contributed by atoms with Gasteiger partial charge in [0.1, 0.15) is 5.75 Å². The van der Waals surface area contributed by atoms with Gasteiger partial charge in [0.25, 0.3) is 0 Å². The van der Waals surface area contributed by atoms with Crippen LogP contribution in [0.4, 0.5) is 0 Å². The number of benzene rings is 2. The Balaban J connectivity index is 1.86. The largest absolute Gasteiger partial charge is 0.491 e. The van der Waals surface area contributed by atoms with Crippen LogP contribution in [-0.2, 0) is 22.2 Å². The van der Waals surface area contributed by atoms with Crippen LogP contribution in [0.3, 0.4) is 0 Å². The highest BCUT2D eigenvalue weighted by molar-refractivity contribution is 7.88. The Labute approximate surface area is 159 Å². The summed E-state index contributed by atoms with van der Waals surface area (Å²) in [5.41, 5.74) is 1.63. The fraction of sp³-hybridized carbons (Fsp3) is 0.333. The molecule has 0 fully saturated rings.